The summed E-state index contributed by atoms with van der Waals surface area (Å²) in [6.07, 6.45) is 2.50. The Hall–Kier alpha value is -2.37. The molecule has 6 nitrogen and oxygen atoms in total. The molecule has 2 aliphatic rings. The number of amides is 1. The summed E-state index contributed by atoms with van der Waals surface area (Å²) in [5, 5.41) is 0. The fraction of sp³-hybridized carbons (Fsp3) is 0.526. The third-order valence-electron chi connectivity index (χ3n) is 5.26. The maximum absolute atomic E-state index is 12.2. The van der Waals surface area contributed by atoms with Crippen LogP contribution < -0.4 is 0 Å². The second kappa shape index (κ2) is 6.50. The molecule has 1 aliphatic heterocycles. The molecule has 1 saturated carbocycles. The van der Waals surface area contributed by atoms with Gasteiger partial charge in [-0.25, -0.2) is 4.98 Å². The fourth-order valence-corrected chi connectivity index (χ4v) is 3.42. The van der Waals surface area contributed by atoms with E-state index in [9.17, 15) is 9.59 Å². The highest BCUT2D eigenvalue weighted by Gasteiger charge is 2.40. The van der Waals surface area contributed by atoms with E-state index in [0.29, 0.717) is 19.0 Å². The van der Waals surface area contributed by atoms with Crippen LogP contribution in [0.1, 0.15) is 38.0 Å². The Morgan fingerprint density at radius 3 is 2.68 bits per heavy atom. The molecule has 1 amide bonds. The molecule has 6 heteroatoms. The summed E-state index contributed by atoms with van der Waals surface area (Å²) in [5.74, 6) is 1.03. The minimum atomic E-state index is -0.234. The lowest BCUT2D eigenvalue weighted by Crippen LogP contribution is -2.40. The van der Waals surface area contributed by atoms with Gasteiger partial charge in [0.1, 0.15) is 5.52 Å². The van der Waals surface area contributed by atoms with Gasteiger partial charge in [0.15, 0.2) is 18.1 Å². The van der Waals surface area contributed by atoms with Crippen LogP contribution in [0.3, 0.4) is 0 Å². The topological polar surface area (TPSA) is 72.6 Å². The van der Waals surface area contributed by atoms with E-state index in [1.165, 1.54) is 0 Å². The first kappa shape index (κ1) is 16.1. The molecule has 0 N–H and O–H groups in total. The molecule has 1 aliphatic carbocycles. The van der Waals surface area contributed by atoms with Crippen molar-refractivity contribution in [3.63, 3.8) is 0 Å². The van der Waals surface area contributed by atoms with Crippen molar-refractivity contribution in [3.8, 4) is 0 Å². The normalized spacial score (nSPS) is 23.6. The number of aromatic nitrogens is 1. The molecular weight excluding hydrogens is 320 g/mol. The number of ether oxygens (including phenoxy) is 1. The Morgan fingerprint density at radius 2 is 2.00 bits per heavy atom. The van der Waals surface area contributed by atoms with E-state index in [0.717, 1.165) is 36.3 Å². The summed E-state index contributed by atoms with van der Waals surface area (Å²) >= 11 is 0. The van der Waals surface area contributed by atoms with Gasteiger partial charge in [0.25, 0.3) is 5.91 Å². The van der Waals surface area contributed by atoms with Crippen LogP contribution in [0.25, 0.3) is 11.1 Å². The molecule has 2 aromatic rings. The Bertz CT molecular complexity index is 759. The minimum absolute atomic E-state index is 0.00213. The van der Waals surface area contributed by atoms with E-state index < -0.39 is 0 Å². The Balaban J connectivity index is 1.28. The third-order valence-corrected chi connectivity index (χ3v) is 5.26. The second-order valence-electron chi connectivity index (χ2n) is 7.10. The molecule has 132 valence electrons. The molecular formula is C19H22N2O4. The number of benzene rings is 1. The first-order valence-electron chi connectivity index (χ1n) is 8.91. The molecule has 1 aromatic heterocycles. The average molecular weight is 342 g/mol. The Labute approximate surface area is 146 Å². The standard InChI is InChI=1S/C19H22N2O4/c1-12-10-14(12)19(23)24-11-17(22)21-8-6-13(7-9-21)18-20-15-4-2-3-5-16(15)25-18/h2-5,12-14H,6-11H2,1H3/t12-,14-/m1/s1. The number of carbonyl (C=O) groups is 2. The summed E-state index contributed by atoms with van der Waals surface area (Å²) in [6.45, 7) is 3.15. The SMILES string of the molecule is C[C@@H]1C[C@H]1C(=O)OCC(=O)N1CCC(c2nc3ccccc3o2)CC1. The number of rotatable bonds is 4. The monoisotopic (exact) mass is 342 g/mol. The van der Waals surface area contributed by atoms with Gasteiger partial charge in [0, 0.05) is 19.0 Å². The number of para-hydroxylation sites is 2. The van der Waals surface area contributed by atoms with Crippen molar-refractivity contribution in [3.05, 3.63) is 30.2 Å². The highest BCUT2D eigenvalue weighted by molar-refractivity contribution is 5.82. The van der Waals surface area contributed by atoms with Gasteiger partial charge in [-0.05, 0) is 37.3 Å². The van der Waals surface area contributed by atoms with Gasteiger partial charge in [-0.15, -0.1) is 0 Å². The van der Waals surface area contributed by atoms with Crippen molar-refractivity contribution in [1.82, 2.24) is 9.88 Å². The van der Waals surface area contributed by atoms with E-state index in [1.54, 1.807) is 4.90 Å². The summed E-state index contributed by atoms with van der Waals surface area (Å²) in [4.78, 5) is 30.3. The molecule has 0 bridgehead atoms. The lowest BCUT2D eigenvalue weighted by molar-refractivity contribution is -0.153. The first-order valence-corrected chi connectivity index (χ1v) is 8.91. The predicted molar refractivity (Wildman–Crippen MR) is 90.8 cm³/mol. The second-order valence-corrected chi connectivity index (χ2v) is 7.10. The number of carbonyl (C=O) groups excluding carboxylic acids is 2. The van der Waals surface area contributed by atoms with E-state index in [-0.39, 0.29) is 30.3 Å². The Kier molecular flexibility index (Phi) is 4.19. The van der Waals surface area contributed by atoms with E-state index in [4.69, 9.17) is 9.15 Å². The predicted octanol–water partition coefficient (Wildman–Crippen LogP) is 2.73. The highest BCUT2D eigenvalue weighted by atomic mass is 16.5. The molecule has 1 aromatic carbocycles. The van der Waals surface area contributed by atoms with Crippen molar-refractivity contribution in [1.29, 1.82) is 0 Å². The van der Waals surface area contributed by atoms with E-state index in [1.807, 2.05) is 31.2 Å². The largest absolute Gasteiger partial charge is 0.455 e. The number of oxazole rings is 1. The summed E-state index contributed by atoms with van der Waals surface area (Å²) in [5.41, 5.74) is 1.68. The van der Waals surface area contributed by atoms with Crippen molar-refractivity contribution >= 4 is 23.0 Å². The van der Waals surface area contributed by atoms with E-state index >= 15 is 0 Å². The zero-order valence-corrected chi connectivity index (χ0v) is 14.3. The van der Waals surface area contributed by atoms with Gasteiger partial charge < -0.3 is 14.1 Å². The molecule has 2 atom stereocenters. The fourth-order valence-electron chi connectivity index (χ4n) is 3.42. The van der Waals surface area contributed by atoms with Crippen molar-refractivity contribution in [2.24, 2.45) is 11.8 Å². The maximum atomic E-state index is 12.2. The molecule has 0 unspecified atom stereocenters. The van der Waals surface area contributed by atoms with Gasteiger partial charge in [0.2, 0.25) is 0 Å². The quantitative estimate of drug-likeness (QED) is 0.799. The number of likely N-dealkylation sites (tertiary alicyclic amines) is 1. The van der Waals surface area contributed by atoms with E-state index in [2.05, 4.69) is 4.98 Å². The average Bonchev–Trinajstić information content (AvgIpc) is 3.21. The van der Waals surface area contributed by atoms with Crippen molar-refractivity contribution in [2.45, 2.75) is 32.1 Å². The lowest BCUT2D eigenvalue weighted by atomic mass is 9.97. The molecule has 4 rings (SSSR count). The van der Waals surface area contributed by atoms with Crippen molar-refractivity contribution in [2.75, 3.05) is 19.7 Å². The smallest absolute Gasteiger partial charge is 0.309 e. The number of hydrogen-bond acceptors (Lipinski definition) is 5. The summed E-state index contributed by atoms with van der Waals surface area (Å²) < 4.78 is 11.0. The maximum Gasteiger partial charge on any atom is 0.309 e. The summed E-state index contributed by atoms with van der Waals surface area (Å²) in [7, 11) is 0. The highest BCUT2D eigenvalue weighted by Crippen LogP contribution is 2.38. The molecule has 1 saturated heterocycles. The zero-order chi connectivity index (χ0) is 17.4. The first-order chi connectivity index (χ1) is 12.1. The van der Waals surface area contributed by atoms with Crippen LogP contribution in [-0.4, -0.2) is 41.5 Å². The van der Waals surface area contributed by atoms with Crippen LogP contribution >= 0.6 is 0 Å². The van der Waals surface area contributed by atoms with Gasteiger partial charge >= 0.3 is 5.97 Å². The molecule has 25 heavy (non-hydrogen) atoms. The Morgan fingerprint density at radius 1 is 1.28 bits per heavy atom. The number of esters is 1. The summed E-state index contributed by atoms with van der Waals surface area (Å²) in [6, 6.07) is 7.73. The molecule has 2 fully saturated rings. The van der Waals surface area contributed by atoms with Gasteiger partial charge in [-0.3, -0.25) is 9.59 Å². The van der Waals surface area contributed by atoms with Gasteiger partial charge in [-0.1, -0.05) is 19.1 Å². The number of nitrogens with zero attached hydrogens (tertiary/aromatic N) is 2. The van der Waals surface area contributed by atoms with Crippen LogP contribution in [0.4, 0.5) is 0 Å². The van der Waals surface area contributed by atoms with Crippen LogP contribution in [-0.2, 0) is 14.3 Å². The van der Waals surface area contributed by atoms with Gasteiger partial charge in [0.05, 0.1) is 5.92 Å². The van der Waals surface area contributed by atoms with Crippen molar-refractivity contribution < 1.29 is 18.7 Å². The molecule has 0 radical (unpaired) electrons. The number of hydrogen-bond donors (Lipinski definition) is 0. The van der Waals surface area contributed by atoms with Crippen LogP contribution in [0.5, 0.6) is 0 Å². The molecule has 0 spiro atoms. The van der Waals surface area contributed by atoms with Crippen LogP contribution in [0.15, 0.2) is 28.7 Å². The number of fused-ring (bicyclic) bond motifs is 1. The van der Waals surface area contributed by atoms with Crippen LogP contribution in [0.2, 0.25) is 0 Å². The third kappa shape index (κ3) is 3.38. The lowest BCUT2D eigenvalue weighted by Gasteiger charge is -2.30. The number of piperidine rings is 1. The zero-order valence-electron chi connectivity index (χ0n) is 14.3. The molecule has 2 heterocycles. The van der Waals surface area contributed by atoms with Crippen LogP contribution in [0, 0.1) is 11.8 Å². The van der Waals surface area contributed by atoms with Gasteiger partial charge in [-0.2, -0.15) is 0 Å². The minimum Gasteiger partial charge on any atom is -0.455 e.